The Morgan fingerprint density at radius 1 is 1.21 bits per heavy atom. The van der Waals surface area contributed by atoms with Gasteiger partial charge in [-0.2, -0.15) is 13.2 Å². The molecule has 2 aromatic heterocycles. The molecule has 0 aliphatic rings. The number of likely N-dealkylation sites (N-methyl/N-ethyl adjacent to an activating group) is 1. The number of nitrogens with zero attached hydrogens (tertiary/aromatic N) is 4. The Hall–Kier alpha value is -3.10. The van der Waals surface area contributed by atoms with Crippen LogP contribution in [0, 0.1) is 13.8 Å². The number of hydrogen-bond donors (Lipinski definition) is 1. The van der Waals surface area contributed by atoms with Crippen LogP contribution < -0.4 is 5.32 Å². The van der Waals surface area contributed by atoms with Gasteiger partial charge in [-0.25, -0.2) is 9.97 Å². The van der Waals surface area contributed by atoms with E-state index in [9.17, 15) is 18.0 Å². The highest BCUT2D eigenvalue weighted by molar-refractivity contribution is 5.89. The normalized spacial score (nSPS) is 11.7. The van der Waals surface area contributed by atoms with Crippen LogP contribution in [0.25, 0.3) is 11.0 Å². The molecular formula is C20H22F3N5O. The molecule has 0 atom stereocenters. The third kappa shape index (κ3) is 4.18. The summed E-state index contributed by atoms with van der Waals surface area (Å²) in [5.74, 6) is 0.371. The maximum atomic E-state index is 13.0. The van der Waals surface area contributed by atoms with Crippen molar-refractivity contribution >= 4 is 28.4 Å². The second-order valence-electron chi connectivity index (χ2n) is 6.92. The molecule has 1 aromatic carbocycles. The summed E-state index contributed by atoms with van der Waals surface area (Å²) in [5, 5.41) is 3.11. The summed E-state index contributed by atoms with van der Waals surface area (Å²) < 4.78 is 40.8. The first-order chi connectivity index (χ1) is 13.6. The second kappa shape index (κ2) is 7.73. The Bertz CT molecular complexity index is 1030. The van der Waals surface area contributed by atoms with Gasteiger partial charge in [-0.15, -0.1) is 0 Å². The lowest BCUT2D eigenvalue weighted by molar-refractivity contribution is -0.137. The predicted molar refractivity (Wildman–Crippen MR) is 105 cm³/mol. The number of hydrogen-bond acceptors (Lipinski definition) is 4. The van der Waals surface area contributed by atoms with E-state index >= 15 is 0 Å². The summed E-state index contributed by atoms with van der Waals surface area (Å²) in [6.07, 6.45) is -1.26. The highest BCUT2D eigenvalue weighted by atomic mass is 19.4. The topological polar surface area (TPSA) is 63.1 Å². The molecule has 2 heterocycles. The summed E-state index contributed by atoms with van der Waals surface area (Å²) in [5.41, 5.74) is 2.02. The van der Waals surface area contributed by atoms with Crippen molar-refractivity contribution in [2.45, 2.75) is 33.5 Å². The van der Waals surface area contributed by atoms with Crippen LogP contribution in [0.2, 0.25) is 0 Å². The molecule has 0 bridgehead atoms. The van der Waals surface area contributed by atoms with Gasteiger partial charge in [0.15, 0.2) is 5.82 Å². The van der Waals surface area contributed by atoms with Gasteiger partial charge in [0.2, 0.25) is 5.91 Å². The van der Waals surface area contributed by atoms with E-state index in [4.69, 9.17) is 0 Å². The fourth-order valence-corrected chi connectivity index (χ4v) is 3.10. The number of aryl methyl sites for hydroxylation is 2. The largest absolute Gasteiger partial charge is 0.416 e. The first-order valence-corrected chi connectivity index (χ1v) is 9.11. The number of pyridine rings is 1. The molecule has 0 saturated carbocycles. The quantitative estimate of drug-likeness (QED) is 0.688. The molecule has 3 rings (SSSR count). The summed E-state index contributed by atoms with van der Waals surface area (Å²) in [7, 11) is 1.73. The van der Waals surface area contributed by atoms with Crippen molar-refractivity contribution in [3.8, 4) is 0 Å². The van der Waals surface area contributed by atoms with Crippen LogP contribution in [0.1, 0.15) is 23.6 Å². The minimum Gasteiger partial charge on any atom is -0.344 e. The third-order valence-corrected chi connectivity index (χ3v) is 4.85. The highest BCUT2D eigenvalue weighted by Gasteiger charge is 2.31. The van der Waals surface area contributed by atoms with Crippen molar-refractivity contribution < 1.29 is 18.0 Å². The molecular weight excluding hydrogens is 383 g/mol. The van der Waals surface area contributed by atoms with Gasteiger partial charge in [0.1, 0.15) is 12.1 Å². The van der Waals surface area contributed by atoms with Gasteiger partial charge < -0.3 is 14.8 Å². The summed E-state index contributed by atoms with van der Waals surface area (Å²) in [6, 6.07) is 3.96. The molecule has 0 radical (unpaired) electrons. The maximum Gasteiger partial charge on any atom is 0.416 e. The zero-order chi connectivity index (χ0) is 21.3. The van der Waals surface area contributed by atoms with Crippen LogP contribution in [-0.4, -0.2) is 38.9 Å². The highest BCUT2D eigenvalue weighted by Crippen LogP contribution is 2.35. The van der Waals surface area contributed by atoms with E-state index in [1.807, 2.05) is 6.92 Å². The lowest BCUT2D eigenvalue weighted by Gasteiger charge is -2.16. The summed E-state index contributed by atoms with van der Waals surface area (Å²) in [6.45, 7) is 5.87. The van der Waals surface area contributed by atoms with Crippen molar-refractivity contribution in [2.24, 2.45) is 0 Å². The van der Waals surface area contributed by atoms with E-state index < -0.39 is 11.7 Å². The van der Waals surface area contributed by atoms with E-state index in [0.29, 0.717) is 40.2 Å². The minimum atomic E-state index is -4.40. The van der Waals surface area contributed by atoms with Gasteiger partial charge >= 0.3 is 6.18 Å². The maximum absolute atomic E-state index is 13.0. The Morgan fingerprint density at radius 3 is 2.45 bits per heavy atom. The summed E-state index contributed by atoms with van der Waals surface area (Å²) in [4.78, 5) is 22.5. The van der Waals surface area contributed by atoms with Crippen LogP contribution in [0.4, 0.5) is 24.7 Å². The molecule has 1 N–H and O–H groups in total. The van der Waals surface area contributed by atoms with E-state index in [-0.39, 0.29) is 12.5 Å². The Balaban J connectivity index is 1.95. The van der Waals surface area contributed by atoms with Gasteiger partial charge in [0, 0.05) is 25.5 Å². The molecule has 0 saturated heterocycles. The van der Waals surface area contributed by atoms with Crippen LogP contribution in [0.3, 0.4) is 0 Å². The zero-order valence-corrected chi connectivity index (χ0v) is 16.6. The number of halogens is 3. The van der Waals surface area contributed by atoms with Crippen LogP contribution in [0.5, 0.6) is 0 Å². The molecule has 0 aliphatic carbocycles. The number of fused-ring (bicyclic) bond motifs is 1. The molecule has 9 heteroatoms. The van der Waals surface area contributed by atoms with Crippen LogP contribution in [0.15, 0.2) is 30.7 Å². The number of rotatable bonds is 5. The molecule has 0 aliphatic heterocycles. The third-order valence-electron chi connectivity index (χ3n) is 4.85. The Kier molecular flexibility index (Phi) is 5.50. The average molecular weight is 405 g/mol. The first-order valence-electron chi connectivity index (χ1n) is 9.11. The lowest BCUT2D eigenvalue weighted by Crippen LogP contribution is -2.29. The number of amides is 1. The van der Waals surface area contributed by atoms with Crippen molar-refractivity contribution in [1.29, 1.82) is 0 Å². The number of imidazole rings is 1. The number of anilines is 2. The van der Waals surface area contributed by atoms with Crippen LogP contribution >= 0.6 is 0 Å². The number of benzene rings is 1. The first kappa shape index (κ1) is 20.6. The molecule has 29 heavy (non-hydrogen) atoms. The molecule has 0 unspecified atom stereocenters. The summed E-state index contributed by atoms with van der Waals surface area (Å²) >= 11 is 0. The van der Waals surface area contributed by atoms with Gasteiger partial charge in [0.25, 0.3) is 0 Å². The van der Waals surface area contributed by atoms with E-state index in [1.165, 1.54) is 0 Å². The van der Waals surface area contributed by atoms with Crippen molar-refractivity contribution in [1.82, 2.24) is 19.4 Å². The average Bonchev–Trinajstić information content (AvgIpc) is 3.06. The van der Waals surface area contributed by atoms with E-state index in [2.05, 4.69) is 15.3 Å². The molecule has 0 fully saturated rings. The van der Waals surface area contributed by atoms with Crippen molar-refractivity contribution in [3.05, 3.63) is 47.4 Å². The van der Waals surface area contributed by atoms with E-state index in [0.717, 1.165) is 12.1 Å². The smallest absolute Gasteiger partial charge is 0.344 e. The van der Waals surface area contributed by atoms with Crippen molar-refractivity contribution in [2.75, 3.05) is 18.9 Å². The Labute approximate surface area is 166 Å². The fraction of sp³-hybridized carbons (Fsp3) is 0.350. The Morgan fingerprint density at radius 2 is 1.86 bits per heavy atom. The van der Waals surface area contributed by atoms with Gasteiger partial charge in [-0.1, -0.05) is 0 Å². The van der Waals surface area contributed by atoms with Gasteiger partial charge in [-0.3, -0.25) is 4.79 Å². The molecule has 1 amide bonds. The number of carbonyl (C=O) groups is 1. The number of nitrogens with one attached hydrogen (secondary N) is 1. The predicted octanol–water partition coefficient (Wildman–Crippen LogP) is 4.29. The van der Waals surface area contributed by atoms with Gasteiger partial charge in [0.05, 0.1) is 17.4 Å². The SMILES string of the molecule is CCN(C)C(=O)Cn1cnc2c(Nc3c(C)cc(C(F)(F)F)cc3C)nccc21. The molecule has 6 nitrogen and oxygen atoms in total. The van der Waals surface area contributed by atoms with Gasteiger partial charge in [-0.05, 0) is 50.1 Å². The minimum absolute atomic E-state index is 0.0486. The van der Waals surface area contributed by atoms with E-state index in [1.54, 1.807) is 49.0 Å². The molecule has 0 spiro atoms. The second-order valence-corrected chi connectivity index (χ2v) is 6.92. The fourth-order valence-electron chi connectivity index (χ4n) is 3.10. The zero-order valence-electron chi connectivity index (χ0n) is 16.6. The molecule has 154 valence electrons. The van der Waals surface area contributed by atoms with Crippen molar-refractivity contribution in [3.63, 3.8) is 0 Å². The number of alkyl halides is 3. The number of carbonyl (C=O) groups excluding carboxylic acids is 1. The molecule has 3 aromatic rings. The number of aromatic nitrogens is 3. The van der Waals surface area contributed by atoms with Crippen LogP contribution in [-0.2, 0) is 17.5 Å². The lowest BCUT2D eigenvalue weighted by atomic mass is 10.0. The standard InChI is InChI=1S/C20H22F3N5O/c1-5-27(4)16(29)10-28-11-25-18-15(28)6-7-24-19(18)26-17-12(2)8-14(9-13(17)3)20(21,22)23/h6-9,11H,5,10H2,1-4H3,(H,24,26). The monoisotopic (exact) mass is 405 g/mol.